The Labute approximate surface area is 110 Å². The lowest BCUT2D eigenvalue weighted by Crippen LogP contribution is -2.09. The molecule has 0 aliphatic carbocycles. The smallest absolute Gasteiger partial charge is 0.343 e. The molecular formula is C14H11ClO3. The molecule has 0 saturated carbocycles. The van der Waals surface area contributed by atoms with Crippen molar-refractivity contribution < 1.29 is 14.3 Å². The summed E-state index contributed by atoms with van der Waals surface area (Å²) in [6, 6.07) is 13.5. The lowest BCUT2D eigenvalue weighted by atomic mass is 10.2. The molecule has 0 atom stereocenters. The third kappa shape index (κ3) is 2.81. The van der Waals surface area contributed by atoms with E-state index in [-0.39, 0.29) is 0 Å². The third-order valence-corrected chi connectivity index (χ3v) is 2.57. The Morgan fingerprint density at radius 1 is 1.06 bits per heavy atom. The van der Waals surface area contributed by atoms with Crippen LogP contribution in [0.3, 0.4) is 0 Å². The van der Waals surface area contributed by atoms with Gasteiger partial charge in [-0.25, -0.2) is 4.79 Å². The molecule has 2 rings (SSSR count). The maximum Gasteiger partial charge on any atom is 0.343 e. The molecule has 0 heterocycles. The molecule has 0 aliphatic heterocycles. The Balaban J connectivity index is 2.21. The van der Waals surface area contributed by atoms with Gasteiger partial charge in [-0.05, 0) is 30.3 Å². The third-order valence-electron chi connectivity index (χ3n) is 2.33. The number of hydrogen-bond donors (Lipinski definition) is 0. The second-order valence-corrected chi connectivity index (χ2v) is 3.99. The summed E-state index contributed by atoms with van der Waals surface area (Å²) in [6.45, 7) is 0. The molecule has 0 spiro atoms. The second-order valence-electron chi connectivity index (χ2n) is 3.55. The van der Waals surface area contributed by atoms with Crippen molar-refractivity contribution in [2.24, 2.45) is 0 Å². The highest BCUT2D eigenvalue weighted by Crippen LogP contribution is 2.26. The zero-order chi connectivity index (χ0) is 13.0. The molecule has 3 nitrogen and oxygen atoms in total. The van der Waals surface area contributed by atoms with Crippen LogP contribution < -0.4 is 9.47 Å². The van der Waals surface area contributed by atoms with Crippen LogP contribution >= 0.6 is 11.6 Å². The minimum atomic E-state index is -0.470. The van der Waals surface area contributed by atoms with Crippen LogP contribution in [0.15, 0.2) is 48.5 Å². The fourth-order valence-corrected chi connectivity index (χ4v) is 1.67. The number of rotatable bonds is 3. The molecule has 0 fully saturated rings. The summed E-state index contributed by atoms with van der Waals surface area (Å²) in [5, 5.41) is 0.490. The van der Waals surface area contributed by atoms with E-state index < -0.39 is 5.97 Å². The normalized spacial score (nSPS) is 9.89. The number of methoxy groups -OCH3 is 1. The van der Waals surface area contributed by atoms with Crippen molar-refractivity contribution in [1.82, 2.24) is 0 Å². The average Bonchev–Trinajstić information content (AvgIpc) is 2.39. The van der Waals surface area contributed by atoms with Gasteiger partial charge in [0.1, 0.15) is 0 Å². The van der Waals surface area contributed by atoms with E-state index in [0.29, 0.717) is 22.1 Å². The van der Waals surface area contributed by atoms with Crippen LogP contribution in [0.25, 0.3) is 0 Å². The second kappa shape index (κ2) is 5.56. The molecule has 0 radical (unpaired) electrons. The minimum Gasteiger partial charge on any atom is -0.493 e. The summed E-state index contributed by atoms with van der Waals surface area (Å²) in [4.78, 5) is 11.9. The monoisotopic (exact) mass is 262 g/mol. The lowest BCUT2D eigenvalue weighted by molar-refractivity contribution is 0.0730. The molecule has 2 aromatic rings. The lowest BCUT2D eigenvalue weighted by Gasteiger charge is -2.08. The molecule has 0 aromatic heterocycles. The van der Waals surface area contributed by atoms with E-state index in [1.54, 1.807) is 48.5 Å². The summed E-state index contributed by atoms with van der Waals surface area (Å²) in [5.74, 6) is 0.417. The van der Waals surface area contributed by atoms with Gasteiger partial charge in [-0.3, -0.25) is 0 Å². The number of benzene rings is 2. The SMILES string of the molecule is COc1ccccc1OC(=O)c1cccc(Cl)c1. The number of ether oxygens (including phenoxy) is 2. The van der Waals surface area contributed by atoms with Gasteiger partial charge in [-0.1, -0.05) is 29.8 Å². The van der Waals surface area contributed by atoms with Crippen LogP contribution in [0, 0.1) is 0 Å². The molecule has 2 aromatic carbocycles. The van der Waals surface area contributed by atoms with Gasteiger partial charge in [0.25, 0.3) is 0 Å². The van der Waals surface area contributed by atoms with Gasteiger partial charge >= 0.3 is 5.97 Å². The molecule has 0 unspecified atom stereocenters. The van der Waals surface area contributed by atoms with Crippen LogP contribution in [0.4, 0.5) is 0 Å². The summed E-state index contributed by atoms with van der Waals surface area (Å²) in [5.41, 5.74) is 0.397. The molecular weight excluding hydrogens is 252 g/mol. The summed E-state index contributed by atoms with van der Waals surface area (Å²) >= 11 is 5.82. The Hall–Kier alpha value is -2.00. The number of esters is 1. The first kappa shape index (κ1) is 12.5. The zero-order valence-corrected chi connectivity index (χ0v) is 10.5. The topological polar surface area (TPSA) is 35.5 Å². The fraction of sp³-hybridized carbons (Fsp3) is 0.0714. The maximum absolute atomic E-state index is 11.9. The number of carbonyl (C=O) groups is 1. The molecule has 0 bridgehead atoms. The van der Waals surface area contributed by atoms with Gasteiger partial charge in [0.2, 0.25) is 0 Å². The van der Waals surface area contributed by atoms with Crippen molar-refractivity contribution in [2.75, 3.05) is 7.11 Å². The molecule has 0 aliphatic rings. The van der Waals surface area contributed by atoms with E-state index in [1.165, 1.54) is 7.11 Å². The van der Waals surface area contributed by atoms with Crippen molar-refractivity contribution in [2.45, 2.75) is 0 Å². The number of carbonyl (C=O) groups excluding carboxylic acids is 1. The van der Waals surface area contributed by atoms with Gasteiger partial charge in [0.05, 0.1) is 12.7 Å². The number of halogens is 1. The maximum atomic E-state index is 11.9. The summed E-state index contributed by atoms with van der Waals surface area (Å²) in [7, 11) is 1.52. The van der Waals surface area contributed by atoms with E-state index in [2.05, 4.69) is 0 Å². The fourth-order valence-electron chi connectivity index (χ4n) is 1.48. The van der Waals surface area contributed by atoms with Gasteiger partial charge in [-0.15, -0.1) is 0 Å². The Morgan fingerprint density at radius 3 is 2.44 bits per heavy atom. The Bertz CT molecular complexity index is 566. The van der Waals surface area contributed by atoms with Crippen molar-refractivity contribution >= 4 is 17.6 Å². The van der Waals surface area contributed by atoms with Crippen LogP contribution in [0.1, 0.15) is 10.4 Å². The van der Waals surface area contributed by atoms with Crippen LogP contribution in [0.2, 0.25) is 5.02 Å². The van der Waals surface area contributed by atoms with Gasteiger partial charge in [-0.2, -0.15) is 0 Å². The van der Waals surface area contributed by atoms with Crippen molar-refractivity contribution in [3.8, 4) is 11.5 Å². The summed E-state index contributed by atoms with van der Waals surface area (Å²) in [6.07, 6.45) is 0. The van der Waals surface area contributed by atoms with Crippen LogP contribution in [0.5, 0.6) is 11.5 Å². The Kier molecular flexibility index (Phi) is 3.85. The minimum absolute atomic E-state index is 0.380. The van der Waals surface area contributed by atoms with Gasteiger partial charge < -0.3 is 9.47 Å². The van der Waals surface area contributed by atoms with Gasteiger partial charge in [0.15, 0.2) is 11.5 Å². The highest BCUT2D eigenvalue weighted by Gasteiger charge is 2.11. The molecule has 4 heteroatoms. The van der Waals surface area contributed by atoms with E-state index in [9.17, 15) is 4.79 Å². The first-order valence-electron chi connectivity index (χ1n) is 5.31. The largest absolute Gasteiger partial charge is 0.493 e. The van der Waals surface area contributed by atoms with Gasteiger partial charge in [0, 0.05) is 5.02 Å². The van der Waals surface area contributed by atoms with Crippen LogP contribution in [-0.2, 0) is 0 Å². The van der Waals surface area contributed by atoms with Crippen molar-refractivity contribution in [3.63, 3.8) is 0 Å². The first-order valence-corrected chi connectivity index (χ1v) is 5.69. The predicted octanol–water partition coefficient (Wildman–Crippen LogP) is 3.57. The van der Waals surface area contributed by atoms with Crippen LogP contribution in [-0.4, -0.2) is 13.1 Å². The number of para-hydroxylation sites is 2. The highest BCUT2D eigenvalue weighted by atomic mass is 35.5. The number of hydrogen-bond acceptors (Lipinski definition) is 3. The van der Waals surface area contributed by atoms with E-state index in [4.69, 9.17) is 21.1 Å². The van der Waals surface area contributed by atoms with E-state index in [0.717, 1.165) is 0 Å². The standard InChI is InChI=1S/C14H11ClO3/c1-17-12-7-2-3-8-13(12)18-14(16)10-5-4-6-11(15)9-10/h2-9H,1H3. The first-order chi connectivity index (χ1) is 8.70. The molecule has 92 valence electrons. The van der Waals surface area contributed by atoms with Crippen molar-refractivity contribution in [3.05, 3.63) is 59.1 Å². The molecule has 18 heavy (non-hydrogen) atoms. The zero-order valence-electron chi connectivity index (χ0n) is 9.72. The molecule has 0 N–H and O–H groups in total. The molecule has 0 amide bonds. The van der Waals surface area contributed by atoms with E-state index >= 15 is 0 Å². The average molecular weight is 263 g/mol. The Morgan fingerprint density at radius 2 is 1.78 bits per heavy atom. The van der Waals surface area contributed by atoms with E-state index in [1.807, 2.05) is 0 Å². The van der Waals surface area contributed by atoms with Crippen molar-refractivity contribution in [1.29, 1.82) is 0 Å². The summed E-state index contributed by atoms with van der Waals surface area (Å²) < 4.78 is 10.4. The molecule has 0 saturated heterocycles. The predicted molar refractivity (Wildman–Crippen MR) is 69.4 cm³/mol. The highest BCUT2D eigenvalue weighted by molar-refractivity contribution is 6.30. The quantitative estimate of drug-likeness (QED) is 0.627.